The van der Waals surface area contributed by atoms with Gasteiger partial charge in [0.15, 0.2) is 0 Å². The number of hydrogen-bond donors (Lipinski definition) is 1. The van der Waals surface area contributed by atoms with Gasteiger partial charge < -0.3 is 5.32 Å². The fraction of sp³-hybridized carbons (Fsp3) is 0.308. The third-order valence-corrected chi connectivity index (χ3v) is 7.37. The molecule has 0 radical (unpaired) electrons. The van der Waals surface area contributed by atoms with Gasteiger partial charge in [-0.1, -0.05) is 6.07 Å². The van der Waals surface area contributed by atoms with E-state index < -0.39 is 10.0 Å². The number of thiophene rings is 1. The Labute approximate surface area is 136 Å². The van der Waals surface area contributed by atoms with Crippen molar-refractivity contribution in [1.82, 2.24) is 14.6 Å². The molecule has 5 nitrogen and oxygen atoms in total. The van der Waals surface area contributed by atoms with E-state index in [2.05, 4.69) is 26.2 Å². The zero-order chi connectivity index (χ0) is 14.9. The Morgan fingerprint density at radius 2 is 2.24 bits per heavy atom. The van der Waals surface area contributed by atoms with Crippen LogP contribution in [-0.2, 0) is 10.0 Å². The molecule has 3 heterocycles. The number of sulfonamides is 1. The standard InChI is InChI=1S/C13H14BrN3O2S2/c14-12-3-4-13(20-12)21(18,19)17-7-6-16-9-11(17)10-2-1-5-15-8-10/h1-5,8,11,16H,6-7,9H2. The summed E-state index contributed by atoms with van der Waals surface area (Å²) in [5.74, 6) is 0. The molecule has 1 unspecified atom stereocenters. The largest absolute Gasteiger partial charge is 0.313 e. The number of halogens is 1. The lowest BCUT2D eigenvalue weighted by Crippen LogP contribution is -2.48. The van der Waals surface area contributed by atoms with Gasteiger partial charge in [-0.3, -0.25) is 4.98 Å². The first-order valence-electron chi connectivity index (χ1n) is 6.47. The summed E-state index contributed by atoms with van der Waals surface area (Å²) in [6.07, 6.45) is 3.42. The van der Waals surface area contributed by atoms with Crippen LogP contribution in [0.5, 0.6) is 0 Å². The molecule has 21 heavy (non-hydrogen) atoms. The van der Waals surface area contributed by atoms with Gasteiger partial charge in [-0.05, 0) is 39.7 Å². The first-order valence-corrected chi connectivity index (χ1v) is 9.52. The van der Waals surface area contributed by atoms with E-state index in [0.717, 1.165) is 9.35 Å². The second-order valence-electron chi connectivity index (χ2n) is 4.68. The predicted molar refractivity (Wildman–Crippen MR) is 85.8 cm³/mol. The summed E-state index contributed by atoms with van der Waals surface area (Å²) in [7, 11) is -3.48. The van der Waals surface area contributed by atoms with E-state index in [0.29, 0.717) is 23.8 Å². The van der Waals surface area contributed by atoms with Crippen molar-refractivity contribution < 1.29 is 8.42 Å². The zero-order valence-electron chi connectivity index (χ0n) is 11.1. The van der Waals surface area contributed by atoms with Crippen molar-refractivity contribution in [2.75, 3.05) is 19.6 Å². The van der Waals surface area contributed by atoms with Gasteiger partial charge in [0.25, 0.3) is 10.0 Å². The lowest BCUT2D eigenvalue weighted by Gasteiger charge is -2.34. The van der Waals surface area contributed by atoms with Crippen LogP contribution in [0.1, 0.15) is 11.6 Å². The highest BCUT2D eigenvalue weighted by Crippen LogP contribution is 2.33. The van der Waals surface area contributed by atoms with Crippen LogP contribution in [0.3, 0.4) is 0 Å². The molecule has 0 saturated carbocycles. The van der Waals surface area contributed by atoms with Crippen LogP contribution < -0.4 is 5.32 Å². The molecule has 3 rings (SSSR count). The molecule has 1 fully saturated rings. The maximum atomic E-state index is 12.9. The van der Waals surface area contributed by atoms with Crippen LogP contribution in [0.25, 0.3) is 0 Å². The lowest BCUT2D eigenvalue weighted by molar-refractivity contribution is 0.271. The van der Waals surface area contributed by atoms with Crippen molar-refractivity contribution in [3.63, 3.8) is 0 Å². The van der Waals surface area contributed by atoms with Gasteiger partial charge in [0.2, 0.25) is 0 Å². The van der Waals surface area contributed by atoms with Gasteiger partial charge in [0.1, 0.15) is 4.21 Å². The molecule has 112 valence electrons. The third-order valence-electron chi connectivity index (χ3n) is 3.37. The first kappa shape index (κ1) is 15.1. The molecule has 2 aromatic heterocycles. The summed E-state index contributed by atoms with van der Waals surface area (Å²) < 4.78 is 28.5. The summed E-state index contributed by atoms with van der Waals surface area (Å²) in [6.45, 7) is 1.71. The van der Waals surface area contributed by atoms with Gasteiger partial charge in [0.05, 0.1) is 9.83 Å². The Kier molecular flexibility index (Phi) is 4.41. The normalized spacial score (nSPS) is 20.5. The summed E-state index contributed by atoms with van der Waals surface area (Å²) in [4.78, 5) is 4.10. The average Bonchev–Trinajstić information content (AvgIpc) is 2.95. The highest BCUT2D eigenvalue weighted by molar-refractivity contribution is 9.11. The molecule has 0 aliphatic carbocycles. The highest BCUT2D eigenvalue weighted by atomic mass is 79.9. The van der Waals surface area contributed by atoms with Crippen LogP contribution in [0.4, 0.5) is 0 Å². The maximum Gasteiger partial charge on any atom is 0.253 e. The van der Waals surface area contributed by atoms with Crippen LogP contribution in [0.15, 0.2) is 44.7 Å². The number of rotatable bonds is 3. The monoisotopic (exact) mass is 387 g/mol. The fourth-order valence-corrected chi connectivity index (χ4v) is 6.14. The maximum absolute atomic E-state index is 12.9. The van der Waals surface area contributed by atoms with Crippen molar-refractivity contribution in [2.24, 2.45) is 0 Å². The molecule has 0 amide bonds. The number of hydrogen-bond acceptors (Lipinski definition) is 5. The molecule has 1 saturated heterocycles. The van der Waals surface area contributed by atoms with Crippen LogP contribution in [-0.4, -0.2) is 37.3 Å². The molecule has 0 bridgehead atoms. The quantitative estimate of drug-likeness (QED) is 0.876. The Balaban J connectivity index is 1.98. The highest BCUT2D eigenvalue weighted by Gasteiger charge is 2.35. The molecule has 1 N–H and O–H groups in total. The third kappa shape index (κ3) is 3.04. The Hall–Kier alpha value is -0.800. The number of nitrogens with one attached hydrogen (secondary N) is 1. The zero-order valence-corrected chi connectivity index (χ0v) is 14.3. The summed E-state index contributed by atoms with van der Waals surface area (Å²) in [6, 6.07) is 6.93. The van der Waals surface area contributed by atoms with E-state index in [9.17, 15) is 8.42 Å². The molecule has 2 aromatic rings. The SMILES string of the molecule is O=S(=O)(c1ccc(Br)s1)N1CCNCC1c1cccnc1. The second kappa shape index (κ2) is 6.13. The number of pyridine rings is 1. The Morgan fingerprint density at radius 3 is 2.90 bits per heavy atom. The van der Waals surface area contributed by atoms with Gasteiger partial charge in [-0.2, -0.15) is 4.31 Å². The molecule has 8 heteroatoms. The predicted octanol–water partition coefficient (Wildman–Crippen LogP) is 2.24. The Bertz CT molecular complexity index is 718. The second-order valence-corrected chi connectivity index (χ2v) is 9.26. The van der Waals surface area contributed by atoms with E-state index in [1.807, 2.05) is 12.1 Å². The van der Waals surface area contributed by atoms with Crippen LogP contribution in [0, 0.1) is 0 Å². The summed E-state index contributed by atoms with van der Waals surface area (Å²) >= 11 is 4.56. The van der Waals surface area contributed by atoms with Gasteiger partial charge in [-0.25, -0.2) is 8.42 Å². The topological polar surface area (TPSA) is 62.3 Å². The van der Waals surface area contributed by atoms with E-state index >= 15 is 0 Å². The van der Waals surface area contributed by atoms with Crippen molar-refractivity contribution >= 4 is 37.3 Å². The van der Waals surface area contributed by atoms with Crippen molar-refractivity contribution in [3.05, 3.63) is 46.0 Å². The molecule has 1 aliphatic rings. The van der Waals surface area contributed by atoms with Gasteiger partial charge in [0, 0.05) is 32.0 Å². The van der Waals surface area contributed by atoms with Crippen LogP contribution in [0.2, 0.25) is 0 Å². The minimum absolute atomic E-state index is 0.224. The summed E-state index contributed by atoms with van der Waals surface area (Å²) in [5, 5.41) is 3.25. The Morgan fingerprint density at radius 1 is 1.38 bits per heavy atom. The van der Waals surface area contributed by atoms with Gasteiger partial charge in [-0.15, -0.1) is 11.3 Å². The molecule has 0 aromatic carbocycles. The van der Waals surface area contributed by atoms with E-state index in [4.69, 9.17) is 0 Å². The van der Waals surface area contributed by atoms with Crippen molar-refractivity contribution in [3.8, 4) is 0 Å². The summed E-state index contributed by atoms with van der Waals surface area (Å²) in [5.41, 5.74) is 0.906. The molecule has 1 atom stereocenters. The van der Waals surface area contributed by atoms with E-state index in [1.54, 1.807) is 28.8 Å². The average molecular weight is 388 g/mol. The first-order chi connectivity index (χ1) is 10.1. The van der Waals surface area contributed by atoms with Crippen molar-refractivity contribution in [2.45, 2.75) is 10.3 Å². The minimum Gasteiger partial charge on any atom is -0.313 e. The molecular weight excluding hydrogens is 374 g/mol. The van der Waals surface area contributed by atoms with E-state index in [1.165, 1.54) is 11.3 Å². The molecular formula is C13H14BrN3O2S2. The molecule has 1 aliphatic heterocycles. The lowest BCUT2D eigenvalue weighted by atomic mass is 10.1. The number of aromatic nitrogens is 1. The van der Waals surface area contributed by atoms with Crippen molar-refractivity contribution in [1.29, 1.82) is 0 Å². The number of piperazine rings is 1. The van der Waals surface area contributed by atoms with Gasteiger partial charge >= 0.3 is 0 Å². The minimum atomic E-state index is -3.48. The van der Waals surface area contributed by atoms with Crippen LogP contribution >= 0.6 is 27.3 Å². The number of nitrogens with zero attached hydrogens (tertiary/aromatic N) is 2. The fourth-order valence-electron chi connectivity index (χ4n) is 2.38. The van der Waals surface area contributed by atoms with E-state index in [-0.39, 0.29) is 6.04 Å². The molecule has 0 spiro atoms. The smallest absolute Gasteiger partial charge is 0.253 e.